The van der Waals surface area contributed by atoms with Crippen LogP contribution in [0.1, 0.15) is 26.3 Å². The van der Waals surface area contributed by atoms with Crippen LogP contribution >= 0.6 is 0 Å². The van der Waals surface area contributed by atoms with Crippen LogP contribution in [0.3, 0.4) is 0 Å². The molecule has 136 valence electrons. The molecule has 0 aliphatic carbocycles. The number of para-hydroxylation sites is 1. The second kappa shape index (κ2) is 8.73. The van der Waals surface area contributed by atoms with Crippen molar-refractivity contribution in [3.05, 3.63) is 39.9 Å². The standard InChI is InChI=1S/C15H20N4O6/c1-15(2,3)25-14(22)17-11(9-20)13(21)18-16-8-10-6-4-5-7-12(10)19(23)24/h4-8,11,20H,9H2,1-3H3,(H,17,22)(H,18,21)/b16-8+/t11-/m0/s1. The second-order valence-corrected chi connectivity index (χ2v) is 5.93. The number of carbonyl (C=O) groups is 2. The average molecular weight is 352 g/mol. The number of aliphatic hydroxyl groups is 1. The van der Waals surface area contributed by atoms with Crippen LogP contribution in [0.4, 0.5) is 10.5 Å². The van der Waals surface area contributed by atoms with Crippen molar-refractivity contribution < 1.29 is 24.4 Å². The molecule has 0 aliphatic rings. The summed E-state index contributed by atoms with van der Waals surface area (Å²) in [6.07, 6.45) is 0.224. The maximum atomic E-state index is 11.9. The zero-order valence-electron chi connectivity index (χ0n) is 14.1. The summed E-state index contributed by atoms with van der Waals surface area (Å²) in [6, 6.07) is 4.55. The smallest absolute Gasteiger partial charge is 0.408 e. The van der Waals surface area contributed by atoms with Gasteiger partial charge in [-0.1, -0.05) is 12.1 Å². The van der Waals surface area contributed by atoms with Gasteiger partial charge in [0.05, 0.1) is 23.3 Å². The molecule has 0 bridgehead atoms. The number of aliphatic hydroxyl groups excluding tert-OH is 1. The Morgan fingerprint density at radius 3 is 2.60 bits per heavy atom. The minimum Gasteiger partial charge on any atom is -0.444 e. The molecule has 0 aromatic heterocycles. The van der Waals surface area contributed by atoms with E-state index in [1.54, 1.807) is 26.8 Å². The highest BCUT2D eigenvalue weighted by Gasteiger charge is 2.23. The van der Waals surface area contributed by atoms with Crippen molar-refractivity contribution in [2.45, 2.75) is 32.4 Å². The normalized spacial score (nSPS) is 12.5. The zero-order valence-corrected chi connectivity index (χ0v) is 14.1. The first-order chi connectivity index (χ1) is 11.6. The molecule has 25 heavy (non-hydrogen) atoms. The van der Waals surface area contributed by atoms with E-state index in [1.165, 1.54) is 18.2 Å². The molecule has 10 nitrogen and oxygen atoms in total. The molecule has 0 saturated heterocycles. The maximum Gasteiger partial charge on any atom is 0.408 e. The number of nitrogens with zero attached hydrogens (tertiary/aromatic N) is 2. The van der Waals surface area contributed by atoms with Gasteiger partial charge in [0.25, 0.3) is 11.6 Å². The number of alkyl carbamates (subject to hydrolysis) is 1. The maximum absolute atomic E-state index is 11.9. The lowest BCUT2D eigenvalue weighted by atomic mass is 10.2. The number of nitro groups is 1. The van der Waals surface area contributed by atoms with E-state index in [4.69, 9.17) is 4.74 Å². The van der Waals surface area contributed by atoms with Crippen LogP contribution in [0, 0.1) is 10.1 Å². The van der Waals surface area contributed by atoms with Crippen LogP contribution in [0.25, 0.3) is 0 Å². The molecule has 2 amide bonds. The predicted octanol–water partition coefficient (Wildman–Crippen LogP) is 0.931. The van der Waals surface area contributed by atoms with Gasteiger partial charge in [0.1, 0.15) is 11.6 Å². The highest BCUT2D eigenvalue weighted by molar-refractivity contribution is 5.89. The third kappa shape index (κ3) is 6.96. The number of ether oxygens (including phenoxy) is 1. The SMILES string of the molecule is CC(C)(C)OC(=O)N[C@@H](CO)C(=O)N/N=C/c1ccccc1[N+](=O)[O-]. The lowest BCUT2D eigenvalue weighted by molar-refractivity contribution is -0.385. The van der Waals surface area contributed by atoms with E-state index in [9.17, 15) is 24.8 Å². The Morgan fingerprint density at radius 1 is 1.40 bits per heavy atom. The van der Waals surface area contributed by atoms with E-state index in [0.29, 0.717) is 0 Å². The molecule has 0 saturated carbocycles. The van der Waals surface area contributed by atoms with E-state index in [0.717, 1.165) is 6.21 Å². The highest BCUT2D eigenvalue weighted by Crippen LogP contribution is 2.15. The Balaban J connectivity index is 2.68. The molecule has 10 heteroatoms. The topological polar surface area (TPSA) is 143 Å². The predicted molar refractivity (Wildman–Crippen MR) is 89.1 cm³/mol. The minimum atomic E-state index is -1.28. The van der Waals surface area contributed by atoms with Gasteiger partial charge in [-0.15, -0.1) is 0 Å². The molecular formula is C15H20N4O6. The first-order valence-electron chi connectivity index (χ1n) is 7.30. The molecule has 0 fully saturated rings. The lowest BCUT2D eigenvalue weighted by Crippen LogP contribution is -2.49. The number of amides is 2. The summed E-state index contributed by atoms with van der Waals surface area (Å²) in [6.45, 7) is 4.28. The van der Waals surface area contributed by atoms with Crippen LogP contribution in [-0.4, -0.2) is 46.5 Å². The van der Waals surface area contributed by atoms with E-state index >= 15 is 0 Å². The first kappa shape index (κ1) is 20.0. The Morgan fingerprint density at radius 2 is 2.04 bits per heavy atom. The second-order valence-electron chi connectivity index (χ2n) is 5.93. The summed E-state index contributed by atoms with van der Waals surface area (Å²) in [5.41, 5.74) is 1.35. The molecule has 0 radical (unpaired) electrons. The number of nitrogens with one attached hydrogen (secondary N) is 2. The summed E-state index contributed by atoms with van der Waals surface area (Å²) in [7, 11) is 0. The summed E-state index contributed by atoms with van der Waals surface area (Å²) in [5.74, 6) is -0.803. The van der Waals surface area contributed by atoms with E-state index in [2.05, 4.69) is 15.8 Å². The fraction of sp³-hybridized carbons (Fsp3) is 0.400. The number of rotatable bonds is 6. The molecule has 1 rings (SSSR count). The van der Waals surface area contributed by atoms with Crippen LogP contribution < -0.4 is 10.7 Å². The van der Waals surface area contributed by atoms with Crippen molar-refractivity contribution >= 4 is 23.9 Å². The third-order valence-corrected chi connectivity index (χ3v) is 2.70. The zero-order chi connectivity index (χ0) is 19.0. The summed E-state index contributed by atoms with van der Waals surface area (Å²) in [4.78, 5) is 33.8. The molecule has 3 N–H and O–H groups in total. The Hall–Kier alpha value is -3.01. The van der Waals surface area contributed by atoms with Crippen molar-refractivity contribution in [1.82, 2.24) is 10.7 Å². The average Bonchev–Trinajstić information content (AvgIpc) is 2.51. The molecule has 1 atom stereocenters. The van der Waals surface area contributed by atoms with E-state index < -0.39 is 35.2 Å². The number of hydrogen-bond acceptors (Lipinski definition) is 7. The van der Waals surface area contributed by atoms with Gasteiger partial charge in [-0.3, -0.25) is 14.9 Å². The fourth-order valence-corrected chi connectivity index (χ4v) is 1.65. The molecule has 0 heterocycles. The van der Waals surface area contributed by atoms with Gasteiger partial charge < -0.3 is 15.2 Å². The van der Waals surface area contributed by atoms with Crippen LogP contribution in [0.15, 0.2) is 29.4 Å². The number of carbonyl (C=O) groups excluding carboxylic acids is 2. The Labute approximate surface area is 144 Å². The van der Waals surface area contributed by atoms with Gasteiger partial charge in [0.15, 0.2) is 0 Å². The summed E-state index contributed by atoms with van der Waals surface area (Å²) < 4.78 is 4.98. The van der Waals surface area contributed by atoms with Gasteiger partial charge in [0, 0.05) is 6.07 Å². The van der Waals surface area contributed by atoms with Gasteiger partial charge in [0.2, 0.25) is 0 Å². The number of nitro benzene ring substituents is 1. The van der Waals surface area contributed by atoms with Crippen LogP contribution in [0.5, 0.6) is 0 Å². The summed E-state index contributed by atoms with van der Waals surface area (Å²) in [5, 5.41) is 25.9. The van der Waals surface area contributed by atoms with Crippen LogP contribution in [-0.2, 0) is 9.53 Å². The largest absolute Gasteiger partial charge is 0.444 e. The lowest BCUT2D eigenvalue weighted by Gasteiger charge is -2.21. The quantitative estimate of drug-likeness (QED) is 0.395. The van der Waals surface area contributed by atoms with Crippen LogP contribution in [0.2, 0.25) is 0 Å². The van der Waals surface area contributed by atoms with Crippen molar-refractivity contribution in [2.75, 3.05) is 6.61 Å². The summed E-state index contributed by atoms with van der Waals surface area (Å²) >= 11 is 0. The van der Waals surface area contributed by atoms with E-state index in [1.807, 2.05) is 0 Å². The monoisotopic (exact) mass is 352 g/mol. The third-order valence-electron chi connectivity index (χ3n) is 2.70. The Kier molecular flexibility index (Phi) is 7.00. The minimum absolute atomic E-state index is 0.175. The van der Waals surface area contributed by atoms with Crippen molar-refractivity contribution in [3.63, 3.8) is 0 Å². The van der Waals surface area contributed by atoms with Gasteiger partial charge >= 0.3 is 6.09 Å². The van der Waals surface area contributed by atoms with Gasteiger partial charge in [-0.25, -0.2) is 10.2 Å². The van der Waals surface area contributed by atoms with E-state index in [-0.39, 0.29) is 11.3 Å². The molecule has 1 aromatic carbocycles. The molecule has 1 aromatic rings. The molecular weight excluding hydrogens is 332 g/mol. The molecule has 0 unspecified atom stereocenters. The Bertz CT molecular complexity index is 668. The first-order valence-corrected chi connectivity index (χ1v) is 7.30. The van der Waals surface area contributed by atoms with Crippen molar-refractivity contribution in [2.24, 2.45) is 5.10 Å². The number of hydrazone groups is 1. The highest BCUT2D eigenvalue weighted by atomic mass is 16.6. The van der Waals surface area contributed by atoms with Gasteiger partial charge in [-0.2, -0.15) is 5.10 Å². The van der Waals surface area contributed by atoms with Crippen molar-refractivity contribution in [3.8, 4) is 0 Å². The number of benzene rings is 1. The molecule has 0 spiro atoms. The van der Waals surface area contributed by atoms with Crippen molar-refractivity contribution in [1.29, 1.82) is 0 Å². The number of hydrogen-bond donors (Lipinski definition) is 3. The fourth-order valence-electron chi connectivity index (χ4n) is 1.65. The molecule has 0 aliphatic heterocycles. The van der Waals surface area contributed by atoms with Gasteiger partial charge in [-0.05, 0) is 26.8 Å².